The van der Waals surface area contributed by atoms with Gasteiger partial charge >= 0.3 is 5.97 Å². The van der Waals surface area contributed by atoms with Crippen LogP contribution in [0.1, 0.15) is 39.2 Å². The zero-order valence-corrected chi connectivity index (χ0v) is 15.2. The lowest BCUT2D eigenvalue weighted by molar-refractivity contribution is -0.149. The Balaban J connectivity index is 1.93. The van der Waals surface area contributed by atoms with E-state index >= 15 is 0 Å². The maximum absolute atomic E-state index is 12.3. The fourth-order valence-corrected chi connectivity index (χ4v) is 2.76. The van der Waals surface area contributed by atoms with Crippen molar-refractivity contribution in [1.29, 1.82) is 5.26 Å². The summed E-state index contributed by atoms with van der Waals surface area (Å²) in [4.78, 5) is 14.3. The lowest BCUT2D eigenvalue weighted by Gasteiger charge is -2.23. The van der Waals surface area contributed by atoms with Crippen LogP contribution in [0, 0.1) is 11.3 Å². The molecule has 0 aliphatic carbocycles. The van der Waals surface area contributed by atoms with Crippen LogP contribution in [-0.4, -0.2) is 36.2 Å². The Morgan fingerprint density at radius 2 is 2.00 bits per heavy atom. The van der Waals surface area contributed by atoms with Gasteiger partial charge in [-0.1, -0.05) is 30.3 Å². The van der Waals surface area contributed by atoms with Crippen molar-refractivity contribution in [3.8, 4) is 6.07 Å². The fourth-order valence-electron chi connectivity index (χ4n) is 2.76. The second kappa shape index (κ2) is 8.68. The number of nitrogens with zero attached hydrogens (tertiary/aromatic N) is 2. The molecule has 2 rings (SSSR count). The molecule has 0 saturated carbocycles. The van der Waals surface area contributed by atoms with E-state index in [-0.39, 0.29) is 5.57 Å². The van der Waals surface area contributed by atoms with E-state index in [4.69, 9.17) is 9.47 Å². The smallest absolute Gasteiger partial charge is 0.351 e. The second-order valence-corrected chi connectivity index (χ2v) is 7.06. The molecule has 0 aromatic heterocycles. The van der Waals surface area contributed by atoms with Gasteiger partial charge in [0, 0.05) is 18.8 Å². The molecule has 0 unspecified atom stereocenters. The summed E-state index contributed by atoms with van der Waals surface area (Å²) >= 11 is 0. The molecule has 0 spiro atoms. The first kappa shape index (κ1) is 19.0. The van der Waals surface area contributed by atoms with Gasteiger partial charge < -0.3 is 14.4 Å². The van der Waals surface area contributed by atoms with Gasteiger partial charge in [0.2, 0.25) is 0 Å². The van der Waals surface area contributed by atoms with Crippen molar-refractivity contribution in [3.63, 3.8) is 0 Å². The molecule has 5 nitrogen and oxygen atoms in total. The summed E-state index contributed by atoms with van der Waals surface area (Å²) in [5.41, 5.74) is 1.42. The highest BCUT2D eigenvalue weighted by atomic mass is 16.6. The van der Waals surface area contributed by atoms with Crippen LogP contribution in [0.4, 0.5) is 0 Å². The molecule has 5 heteroatoms. The molecular weight excluding hydrogens is 316 g/mol. The van der Waals surface area contributed by atoms with Crippen LogP contribution < -0.4 is 0 Å². The predicted octanol–water partition coefficient (Wildman–Crippen LogP) is 3.42. The van der Waals surface area contributed by atoms with Gasteiger partial charge in [-0.3, -0.25) is 0 Å². The van der Waals surface area contributed by atoms with Crippen LogP contribution in [0.15, 0.2) is 41.6 Å². The Morgan fingerprint density at radius 3 is 2.64 bits per heavy atom. The first-order valence-corrected chi connectivity index (χ1v) is 8.64. The summed E-state index contributed by atoms with van der Waals surface area (Å²) in [6, 6.07) is 12.0. The van der Waals surface area contributed by atoms with Gasteiger partial charge in [-0.15, -0.1) is 0 Å². The third-order valence-electron chi connectivity index (χ3n) is 3.84. The topological polar surface area (TPSA) is 62.6 Å². The zero-order valence-electron chi connectivity index (χ0n) is 15.2. The summed E-state index contributed by atoms with van der Waals surface area (Å²) in [6.45, 7) is 8.00. The normalized spacial score (nSPS) is 16.5. The molecule has 1 heterocycles. The van der Waals surface area contributed by atoms with Crippen molar-refractivity contribution in [2.75, 3.05) is 19.7 Å². The first-order valence-electron chi connectivity index (χ1n) is 8.64. The third kappa shape index (κ3) is 5.91. The maximum atomic E-state index is 12.3. The van der Waals surface area contributed by atoms with Crippen molar-refractivity contribution in [3.05, 3.63) is 47.2 Å². The van der Waals surface area contributed by atoms with Crippen molar-refractivity contribution < 1.29 is 14.3 Å². The standard InChI is InChI=1S/C20H26N2O3/c1-20(2,3)25-19(23)17(14-21)18-10-7-11-22(18)12-13-24-15-16-8-5-4-6-9-16/h4-6,8-9H,7,10-13,15H2,1-3H3/b18-17+. The minimum Gasteiger partial charge on any atom is -0.456 e. The average Bonchev–Trinajstić information content (AvgIpc) is 3.00. The number of benzene rings is 1. The van der Waals surface area contributed by atoms with Gasteiger partial charge in [-0.05, 0) is 39.2 Å². The van der Waals surface area contributed by atoms with Crippen LogP contribution >= 0.6 is 0 Å². The van der Waals surface area contributed by atoms with E-state index in [2.05, 4.69) is 4.90 Å². The van der Waals surface area contributed by atoms with E-state index in [1.807, 2.05) is 36.4 Å². The quantitative estimate of drug-likeness (QED) is 0.343. The van der Waals surface area contributed by atoms with E-state index in [1.54, 1.807) is 20.8 Å². The Labute approximate surface area is 149 Å². The molecule has 1 aliphatic heterocycles. The van der Waals surface area contributed by atoms with E-state index in [0.29, 0.717) is 19.8 Å². The SMILES string of the molecule is CC(C)(C)OC(=O)/C(C#N)=C1\CCCN1CCOCc1ccccc1. The van der Waals surface area contributed by atoms with Crippen LogP contribution in [0.25, 0.3) is 0 Å². The van der Waals surface area contributed by atoms with Crippen LogP contribution in [0.3, 0.4) is 0 Å². The summed E-state index contributed by atoms with van der Waals surface area (Å²) in [5.74, 6) is -0.540. The van der Waals surface area contributed by atoms with Crippen molar-refractivity contribution in [2.45, 2.75) is 45.8 Å². The van der Waals surface area contributed by atoms with Gasteiger partial charge in [0.15, 0.2) is 5.57 Å². The lowest BCUT2D eigenvalue weighted by Crippen LogP contribution is -2.28. The molecule has 1 fully saturated rings. The summed E-state index contributed by atoms with van der Waals surface area (Å²) < 4.78 is 11.1. The molecular formula is C20H26N2O3. The molecule has 0 amide bonds. The average molecular weight is 342 g/mol. The minimum atomic E-state index is -0.609. The van der Waals surface area contributed by atoms with Gasteiger partial charge in [-0.25, -0.2) is 4.79 Å². The summed E-state index contributed by atoms with van der Waals surface area (Å²) in [7, 11) is 0. The van der Waals surface area contributed by atoms with Crippen LogP contribution in [0.2, 0.25) is 0 Å². The van der Waals surface area contributed by atoms with Gasteiger partial charge in [0.25, 0.3) is 0 Å². The summed E-state index contributed by atoms with van der Waals surface area (Å²) in [5, 5.41) is 9.43. The number of carbonyl (C=O) groups is 1. The number of allylic oxidation sites excluding steroid dienone is 1. The van der Waals surface area contributed by atoms with Crippen LogP contribution in [-0.2, 0) is 20.9 Å². The molecule has 1 saturated heterocycles. The molecule has 1 aromatic carbocycles. The molecule has 0 radical (unpaired) electrons. The van der Waals surface area contributed by atoms with E-state index < -0.39 is 11.6 Å². The highest BCUT2D eigenvalue weighted by molar-refractivity contribution is 5.93. The number of nitriles is 1. The van der Waals surface area contributed by atoms with E-state index in [1.165, 1.54) is 0 Å². The van der Waals surface area contributed by atoms with Crippen LogP contribution in [0.5, 0.6) is 0 Å². The van der Waals surface area contributed by atoms with Crippen molar-refractivity contribution >= 4 is 5.97 Å². The highest BCUT2D eigenvalue weighted by Gasteiger charge is 2.28. The van der Waals surface area contributed by atoms with E-state index in [9.17, 15) is 10.1 Å². The molecule has 0 atom stereocenters. The van der Waals surface area contributed by atoms with Gasteiger partial charge in [0.05, 0.1) is 13.2 Å². The molecule has 1 aliphatic rings. The molecule has 0 N–H and O–H groups in total. The number of likely N-dealkylation sites (tertiary alicyclic amines) is 1. The Hall–Kier alpha value is -2.32. The monoisotopic (exact) mass is 342 g/mol. The number of ether oxygens (including phenoxy) is 2. The van der Waals surface area contributed by atoms with Gasteiger partial charge in [0.1, 0.15) is 11.7 Å². The van der Waals surface area contributed by atoms with E-state index in [0.717, 1.165) is 30.6 Å². The van der Waals surface area contributed by atoms with Crippen molar-refractivity contribution in [2.24, 2.45) is 0 Å². The Bertz CT molecular complexity index is 654. The Morgan fingerprint density at radius 1 is 1.28 bits per heavy atom. The van der Waals surface area contributed by atoms with Crippen molar-refractivity contribution in [1.82, 2.24) is 4.90 Å². The third-order valence-corrected chi connectivity index (χ3v) is 3.84. The number of hydrogen-bond acceptors (Lipinski definition) is 5. The maximum Gasteiger partial charge on any atom is 0.351 e. The molecule has 1 aromatic rings. The van der Waals surface area contributed by atoms with Gasteiger partial charge in [-0.2, -0.15) is 5.26 Å². The first-order chi connectivity index (χ1) is 11.9. The number of rotatable bonds is 6. The molecule has 134 valence electrons. The number of hydrogen-bond donors (Lipinski definition) is 0. The lowest BCUT2D eigenvalue weighted by atomic mass is 10.1. The number of carbonyl (C=O) groups excluding carboxylic acids is 1. The highest BCUT2D eigenvalue weighted by Crippen LogP contribution is 2.25. The molecule has 25 heavy (non-hydrogen) atoms. The predicted molar refractivity (Wildman–Crippen MR) is 95.4 cm³/mol. The fraction of sp³-hybridized carbons (Fsp3) is 0.500. The largest absolute Gasteiger partial charge is 0.456 e. The summed E-state index contributed by atoms with van der Waals surface area (Å²) in [6.07, 6.45) is 1.66. The second-order valence-electron chi connectivity index (χ2n) is 7.06. The Kier molecular flexibility index (Phi) is 6.60. The minimum absolute atomic E-state index is 0.121. The number of esters is 1. The zero-order chi connectivity index (χ0) is 18.3. The molecule has 0 bridgehead atoms.